The number of carbonyl (C=O) groups is 1. The van der Waals surface area contributed by atoms with Gasteiger partial charge in [-0.05, 0) is 23.6 Å². The summed E-state index contributed by atoms with van der Waals surface area (Å²) in [5.74, 6) is 1.44. The number of aliphatic imine (C=N–C) groups is 1. The van der Waals surface area contributed by atoms with Crippen LogP contribution in [-0.4, -0.2) is 32.1 Å². The first-order valence-electron chi connectivity index (χ1n) is 6.95. The summed E-state index contributed by atoms with van der Waals surface area (Å²) in [5.41, 5.74) is 6.08. The first kappa shape index (κ1) is 20.5. The van der Waals surface area contributed by atoms with E-state index in [-0.39, 0.29) is 30.6 Å². The highest BCUT2D eigenvalue weighted by atomic mass is 127. The maximum atomic E-state index is 10.7. The van der Waals surface area contributed by atoms with E-state index in [1.807, 2.05) is 18.2 Å². The first-order valence-corrected chi connectivity index (χ1v) is 6.95. The van der Waals surface area contributed by atoms with Crippen molar-refractivity contribution in [3.8, 4) is 5.75 Å². The van der Waals surface area contributed by atoms with E-state index in [0.29, 0.717) is 18.2 Å². The van der Waals surface area contributed by atoms with Gasteiger partial charge < -0.3 is 21.1 Å². The van der Waals surface area contributed by atoms with Crippen LogP contribution in [0.1, 0.15) is 19.4 Å². The minimum Gasteiger partial charge on any atom is -0.484 e. The molecule has 0 bridgehead atoms. The molecule has 124 valence electrons. The standard InChI is InChI=1S/C15H24N4O2.HI/c1-11(2)8-18-15(17-3)19-9-12-5-4-6-13(7-12)21-10-14(16)20;/h4-7,11H,8-10H2,1-3H3,(H2,16,20)(H2,17,18,19);1H. The molecule has 6 nitrogen and oxygen atoms in total. The van der Waals surface area contributed by atoms with Gasteiger partial charge in [-0.1, -0.05) is 26.0 Å². The van der Waals surface area contributed by atoms with Crippen molar-refractivity contribution in [2.75, 3.05) is 20.2 Å². The number of halogens is 1. The van der Waals surface area contributed by atoms with E-state index in [1.165, 1.54) is 0 Å². The molecule has 1 rings (SSSR count). The normalized spacial score (nSPS) is 10.8. The van der Waals surface area contributed by atoms with Gasteiger partial charge in [0, 0.05) is 20.1 Å². The average molecular weight is 420 g/mol. The van der Waals surface area contributed by atoms with Crippen LogP contribution in [0.2, 0.25) is 0 Å². The smallest absolute Gasteiger partial charge is 0.255 e. The maximum Gasteiger partial charge on any atom is 0.255 e. The Morgan fingerprint density at radius 1 is 1.36 bits per heavy atom. The Labute approximate surface area is 148 Å². The highest BCUT2D eigenvalue weighted by molar-refractivity contribution is 14.0. The fraction of sp³-hybridized carbons (Fsp3) is 0.467. The van der Waals surface area contributed by atoms with Crippen molar-refractivity contribution < 1.29 is 9.53 Å². The fourth-order valence-electron chi connectivity index (χ4n) is 1.61. The molecule has 0 fully saturated rings. The molecular formula is C15H25IN4O2. The zero-order valence-corrected chi connectivity index (χ0v) is 15.6. The number of hydrogen-bond acceptors (Lipinski definition) is 3. The summed E-state index contributed by atoms with van der Waals surface area (Å²) in [7, 11) is 1.74. The molecular weight excluding hydrogens is 395 g/mol. The third-order valence-corrected chi connectivity index (χ3v) is 2.64. The highest BCUT2D eigenvalue weighted by Crippen LogP contribution is 2.12. The zero-order valence-electron chi connectivity index (χ0n) is 13.3. The van der Waals surface area contributed by atoms with Crippen molar-refractivity contribution in [1.29, 1.82) is 0 Å². The average Bonchev–Trinajstić information content (AvgIpc) is 2.45. The number of nitrogens with one attached hydrogen (secondary N) is 2. The third kappa shape index (κ3) is 8.71. The summed E-state index contributed by atoms with van der Waals surface area (Å²) in [6.45, 7) is 5.64. The lowest BCUT2D eigenvalue weighted by Crippen LogP contribution is -2.38. The van der Waals surface area contributed by atoms with Crippen molar-refractivity contribution >= 4 is 35.8 Å². The van der Waals surface area contributed by atoms with Gasteiger partial charge in [0.25, 0.3) is 5.91 Å². The van der Waals surface area contributed by atoms with Crippen molar-refractivity contribution in [3.63, 3.8) is 0 Å². The molecule has 0 heterocycles. The molecule has 1 aromatic rings. The number of carbonyl (C=O) groups excluding carboxylic acids is 1. The molecule has 0 aromatic heterocycles. The second-order valence-corrected chi connectivity index (χ2v) is 5.10. The fourth-order valence-corrected chi connectivity index (χ4v) is 1.61. The minimum atomic E-state index is -0.489. The number of rotatable bonds is 7. The molecule has 22 heavy (non-hydrogen) atoms. The molecule has 4 N–H and O–H groups in total. The molecule has 1 aromatic carbocycles. The maximum absolute atomic E-state index is 10.7. The Kier molecular flexibility index (Phi) is 10.3. The molecule has 7 heteroatoms. The van der Waals surface area contributed by atoms with Crippen LogP contribution in [0.25, 0.3) is 0 Å². The second-order valence-electron chi connectivity index (χ2n) is 5.10. The number of guanidine groups is 1. The van der Waals surface area contributed by atoms with E-state index in [1.54, 1.807) is 13.1 Å². The SMILES string of the molecule is CN=C(NCc1cccc(OCC(N)=O)c1)NCC(C)C.I. The lowest BCUT2D eigenvalue weighted by Gasteiger charge is -2.14. The summed E-state index contributed by atoms with van der Waals surface area (Å²) in [6.07, 6.45) is 0. The number of ether oxygens (including phenoxy) is 1. The topological polar surface area (TPSA) is 88.7 Å². The van der Waals surface area contributed by atoms with E-state index in [9.17, 15) is 4.79 Å². The van der Waals surface area contributed by atoms with Crippen molar-refractivity contribution in [2.24, 2.45) is 16.6 Å². The minimum absolute atomic E-state index is 0. The van der Waals surface area contributed by atoms with E-state index in [0.717, 1.165) is 18.1 Å². The van der Waals surface area contributed by atoms with Gasteiger partial charge >= 0.3 is 0 Å². The Hall–Kier alpha value is -1.51. The Bertz CT molecular complexity index is 492. The summed E-state index contributed by atoms with van der Waals surface area (Å²) >= 11 is 0. The van der Waals surface area contributed by atoms with Crippen LogP contribution < -0.4 is 21.1 Å². The number of amides is 1. The van der Waals surface area contributed by atoms with Crippen molar-refractivity contribution in [3.05, 3.63) is 29.8 Å². The highest BCUT2D eigenvalue weighted by Gasteiger charge is 2.02. The summed E-state index contributed by atoms with van der Waals surface area (Å²) in [5, 5.41) is 6.47. The van der Waals surface area contributed by atoms with Gasteiger partial charge in [-0.25, -0.2) is 0 Å². The molecule has 0 aliphatic heterocycles. The Morgan fingerprint density at radius 3 is 2.68 bits per heavy atom. The Morgan fingerprint density at radius 2 is 2.09 bits per heavy atom. The van der Waals surface area contributed by atoms with Crippen LogP contribution in [0.15, 0.2) is 29.3 Å². The lowest BCUT2D eigenvalue weighted by molar-refractivity contribution is -0.119. The van der Waals surface area contributed by atoms with Gasteiger partial charge in [-0.3, -0.25) is 9.79 Å². The summed E-state index contributed by atoms with van der Waals surface area (Å²) < 4.78 is 5.27. The monoisotopic (exact) mass is 420 g/mol. The van der Waals surface area contributed by atoms with Gasteiger partial charge in [0.15, 0.2) is 12.6 Å². The Balaban J connectivity index is 0.00000441. The lowest BCUT2D eigenvalue weighted by atomic mass is 10.2. The zero-order chi connectivity index (χ0) is 15.7. The van der Waals surface area contributed by atoms with E-state index >= 15 is 0 Å². The van der Waals surface area contributed by atoms with Crippen LogP contribution >= 0.6 is 24.0 Å². The first-order chi connectivity index (χ1) is 10.0. The van der Waals surface area contributed by atoms with E-state index in [2.05, 4.69) is 29.5 Å². The third-order valence-electron chi connectivity index (χ3n) is 2.64. The van der Waals surface area contributed by atoms with Crippen LogP contribution in [0.4, 0.5) is 0 Å². The van der Waals surface area contributed by atoms with E-state index < -0.39 is 5.91 Å². The predicted molar refractivity (Wildman–Crippen MR) is 99.6 cm³/mol. The second kappa shape index (κ2) is 11.1. The van der Waals surface area contributed by atoms with Gasteiger partial charge in [0.1, 0.15) is 5.75 Å². The van der Waals surface area contributed by atoms with Gasteiger partial charge in [-0.15, -0.1) is 24.0 Å². The molecule has 0 saturated carbocycles. The molecule has 0 radical (unpaired) electrons. The summed E-state index contributed by atoms with van der Waals surface area (Å²) in [4.78, 5) is 14.9. The van der Waals surface area contributed by atoms with Crippen molar-refractivity contribution in [1.82, 2.24) is 10.6 Å². The number of nitrogens with zero attached hydrogens (tertiary/aromatic N) is 1. The molecule has 0 spiro atoms. The number of primary amides is 1. The molecule has 0 atom stereocenters. The number of nitrogens with two attached hydrogens (primary N) is 1. The van der Waals surface area contributed by atoms with Crippen LogP contribution in [0.3, 0.4) is 0 Å². The molecule has 0 saturated heterocycles. The molecule has 0 aliphatic carbocycles. The molecule has 0 aliphatic rings. The van der Waals surface area contributed by atoms with Gasteiger partial charge in [0.05, 0.1) is 0 Å². The quantitative estimate of drug-likeness (QED) is 0.354. The van der Waals surface area contributed by atoms with Gasteiger partial charge in [-0.2, -0.15) is 0 Å². The molecule has 1 amide bonds. The van der Waals surface area contributed by atoms with Crippen LogP contribution in [0.5, 0.6) is 5.75 Å². The van der Waals surface area contributed by atoms with E-state index in [4.69, 9.17) is 10.5 Å². The van der Waals surface area contributed by atoms with Crippen LogP contribution in [-0.2, 0) is 11.3 Å². The largest absolute Gasteiger partial charge is 0.484 e. The summed E-state index contributed by atoms with van der Waals surface area (Å²) in [6, 6.07) is 7.50. The molecule has 0 unspecified atom stereocenters. The van der Waals surface area contributed by atoms with Crippen molar-refractivity contribution in [2.45, 2.75) is 20.4 Å². The number of benzene rings is 1. The van der Waals surface area contributed by atoms with Crippen LogP contribution in [0, 0.1) is 5.92 Å². The predicted octanol–water partition coefficient (Wildman–Crippen LogP) is 1.49. The van der Waals surface area contributed by atoms with Gasteiger partial charge in [0.2, 0.25) is 0 Å². The number of hydrogen-bond donors (Lipinski definition) is 3.